The SMILES string of the molecule is CCC(OC)C(O)C1CCC(C)C(C)C1. The number of hydrogen-bond donors (Lipinski definition) is 1. The van der Waals surface area contributed by atoms with Gasteiger partial charge < -0.3 is 9.84 Å². The van der Waals surface area contributed by atoms with E-state index >= 15 is 0 Å². The van der Waals surface area contributed by atoms with Crippen molar-refractivity contribution >= 4 is 0 Å². The van der Waals surface area contributed by atoms with Crippen LogP contribution in [0.25, 0.3) is 0 Å². The van der Waals surface area contributed by atoms with E-state index in [-0.39, 0.29) is 12.2 Å². The van der Waals surface area contributed by atoms with Crippen molar-refractivity contribution in [3.63, 3.8) is 0 Å². The van der Waals surface area contributed by atoms with Crippen LogP contribution < -0.4 is 0 Å². The second-order valence-corrected chi connectivity index (χ2v) is 5.20. The number of aliphatic hydroxyl groups is 1. The van der Waals surface area contributed by atoms with Gasteiger partial charge >= 0.3 is 0 Å². The molecule has 1 aliphatic rings. The molecule has 0 bridgehead atoms. The second-order valence-electron chi connectivity index (χ2n) is 5.20. The number of rotatable bonds is 4. The van der Waals surface area contributed by atoms with Gasteiger partial charge in [0.1, 0.15) is 0 Å². The van der Waals surface area contributed by atoms with Crippen molar-refractivity contribution in [1.82, 2.24) is 0 Å². The summed E-state index contributed by atoms with van der Waals surface area (Å²) in [6, 6.07) is 0. The van der Waals surface area contributed by atoms with E-state index in [4.69, 9.17) is 4.74 Å². The largest absolute Gasteiger partial charge is 0.390 e. The molecule has 0 aromatic heterocycles. The number of methoxy groups -OCH3 is 1. The number of aliphatic hydroxyl groups excluding tert-OH is 1. The van der Waals surface area contributed by atoms with Gasteiger partial charge in [0, 0.05) is 7.11 Å². The summed E-state index contributed by atoms with van der Waals surface area (Å²) in [5.74, 6) is 2.00. The molecular weight excluding hydrogens is 188 g/mol. The van der Waals surface area contributed by atoms with Crippen molar-refractivity contribution in [3.8, 4) is 0 Å². The fourth-order valence-electron chi connectivity index (χ4n) is 2.75. The Morgan fingerprint density at radius 3 is 2.40 bits per heavy atom. The monoisotopic (exact) mass is 214 g/mol. The maximum absolute atomic E-state index is 10.2. The molecule has 0 saturated heterocycles. The predicted octanol–water partition coefficient (Wildman–Crippen LogP) is 2.84. The fraction of sp³-hybridized carbons (Fsp3) is 1.00. The highest BCUT2D eigenvalue weighted by atomic mass is 16.5. The van der Waals surface area contributed by atoms with Gasteiger partial charge in [0.05, 0.1) is 12.2 Å². The van der Waals surface area contributed by atoms with E-state index in [9.17, 15) is 5.11 Å². The van der Waals surface area contributed by atoms with Crippen LogP contribution in [0.5, 0.6) is 0 Å². The molecule has 2 nitrogen and oxygen atoms in total. The van der Waals surface area contributed by atoms with Crippen molar-refractivity contribution in [1.29, 1.82) is 0 Å². The lowest BCUT2D eigenvalue weighted by atomic mass is 9.73. The van der Waals surface area contributed by atoms with Crippen LogP contribution in [-0.2, 0) is 4.74 Å². The zero-order valence-electron chi connectivity index (χ0n) is 10.6. The first-order valence-electron chi connectivity index (χ1n) is 6.31. The normalized spacial score (nSPS) is 36.2. The Kier molecular flexibility index (Phi) is 5.07. The zero-order chi connectivity index (χ0) is 11.4. The molecule has 5 unspecified atom stereocenters. The van der Waals surface area contributed by atoms with Crippen molar-refractivity contribution in [2.75, 3.05) is 7.11 Å². The van der Waals surface area contributed by atoms with E-state index in [1.54, 1.807) is 7.11 Å². The van der Waals surface area contributed by atoms with Gasteiger partial charge in [0.25, 0.3) is 0 Å². The molecule has 0 aromatic rings. The predicted molar refractivity (Wildman–Crippen MR) is 62.8 cm³/mol. The molecule has 0 spiro atoms. The second kappa shape index (κ2) is 5.86. The van der Waals surface area contributed by atoms with Crippen LogP contribution in [-0.4, -0.2) is 24.4 Å². The minimum Gasteiger partial charge on any atom is -0.390 e. The third kappa shape index (κ3) is 3.18. The van der Waals surface area contributed by atoms with Crippen molar-refractivity contribution in [2.24, 2.45) is 17.8 Å². The molecule has 0 radical (unpaired) electrons. The van der Waals surface area contributed by atoms with Gasteiger partial charge in [-0.05, 0) is 37.0 Å². The Hall–Kier alpha value is -0.0800. The smallest absolute Gasteiger partial charge is 0.0830 e. The highest BCUT2D eigenvalue weighted by Crippen LogP contribution is 2.36. The van der Waals surface area contributed by atoms with Crippen LogP contribution in [0, 0.1) is 17.8 Å². The highest BCUT2D eigenvalue weighted by Gasteiger charge is 2.32. The highest BCUT2D eigenvalue weighted by molar-refractivity contribution is 4.83. The van der Waals surface area contributed by atoms with Crippen molar-refractivity contribution in [3.05, 3.63) is 0 Å². The molecule has 0 amide bonds. The van der Waals surface area contributed by atoms with Gasteiger partial charge in [-0.1, -0.05) is 27.2 Å². The standard InChI is InChI=1S/C13H26O2/c1-5-12(15-4)13(14)11-7-6-9(2)10(3)8-11/h9-14H,5-8H2,1-4H3. The van der Waals surface area contributed by atoms with E-state index in [2.05, 4.69) is 20.8 Å². The third-order valence-corrected chi connectivity index (χ3v) is 4.21. The summed E-state index contributed by atoms with van der Waals surface area (Å²) >= 11 is 0. The van der Waals surface area contributed by atoms with Crippen LogP contribution >= 0.6 is 0 Å². The van der Waals surface area contributed by atoms with Crippen LogP contribution in [0.1, 0.15) is 46.5 Å². The lowest BCUT2D eigenvalue weighted by molar-refractivity contribution is -0.0584. The number of hydrogen-bond acceptors (Lipinski definition) is 2. The van der Waals surface area contributed by atoms with Crippen LogP contribution in [0.4, 0.5) is 0 Å². The van der Waals surface area contributed by atoms with E-state index in [1.807, 2.05) is 0 Å². The zero-order valence-corrected chi connectivity index (χ0v) is 10.6. The first kappa shape index (κ1) is 13.0. The number of ether oxygens (including phenoxy) is 1. The summed E-state index contributed by atoms with van der Waals surface area (Å²) in [4.78, 5) is 0. The van der Waals surface area contributed by atoms with Crippen molar-refractivity contribution in [2.45, 2.75) is 58.7 Å². The lowest BCUT2D eigenvalue weighted by Gasteiger charge is -2.36. The van der Waals surface area contributed by atoms with Gasteiger partial charge in [-0.15, -0.1) is 0 Å². The molecule has 0 aliphatic heterocycles. The molecule has 1 aliphatic carbocycles. The van der Waals surface area contributed by atoms with Crippen LogP contribution in [0.2, 0.25) is 0 Å². The average Bonchev–Trinajstić information content (AvgIpc) is 2.23. The Morgan fingerprint density at radius 1 is 1.27 bits per heavy atom. The van der Waals surface area contributed by atoms with E-state index in [0.717, 1.165) is 31.1 Å². The van der Waals surface area contributed by atoms with Crippen molar-refractivity contribution < 1.29 is 9.84 Å². The summed E-state index contributed by atoms with van der Waals surface area (Å²) in [7, 11) is 1.70. The third-order valence-electron chi connectivity index (χ3n) is 4.21. The first-order chi connectivity index (χ1) is 7.10. The maximum atomic E-state index is 10.2. The molecule has 0 aromatic carbocycles. The Bertz CT molecular complexity index is 177. The van der Waals surface area contributed by atoms with Gasteiger partial charge in [0.15, 0.2) is 0 Å². The molecule has 2 heteroatoms. The molecule has 15 heavy (non-hydrogen) atoms. The van der Waals surface area contributed by atoms with E-state index in [0.29, 0.717) is 5.92 Å². The average molecular weight is 214 g/mol. The summed E-state index contributed by atoms with van der Waals surface area (Å²) < 4.78 is 5.33. The van der Waals surface area contributed by atoms with E-state index < -0.39 is 0 Å². The fourth-order valence-corrected chi connectivity index (χ4v) is 2.75. The molecule has 90 valence electrons. The first-order valence-corrected chi connectivity index (χ1v) is 6.31. The molecule has 5 atom stereocenters. The summed E-state index contributed by atoms with van der Waals surface area (Å²) in [5, 5.41) is 10.2. The molecule has 1 rings (SSSR count). The lowest BCUT2D eigenvalue weighted by Crippen LogP contribution is -2.38. The summed E-state index contributed by atoms with van der Waals surface area (Å²) in [6.45, 7) is 6.70. The van der Waals surface area contributed by atoms with Gasteiger partial charge in [-0.3, -0.25) is 0 Å². The molecule has 1 fully saturated rings. The molecule has 1 N–H and O–H groups in total. The van der Waals surface area contributed by atoms with Gasteiger partial charge in [0.2, 0.25) is 0 Å². The van der Waals surface area contributed by atoms with Gasteiger partial charge in [-0.25, -0.2) is 0 Å². The van der Waals surface area contributed by atoms with Crippen LogP contribution in [0.3, 0.4) is 0 Å². The molecular formula is C13H26O2. The Labute approximate surface area is 94.0 Å². The minimum atomic E-state index is -0.269. The maximum Gasteiger partial charge on any atom is 0.0830 e. The Morgan fingerprint density at radius 2 is 1.93 bits per heavy atom. The van der Waals surface area contributed by atoms with E-state index in [1.165, 1.54) is 6.42 Å². The summed E-state index contributed by atoms with van der Waals surface area (Å²) in [5.41, 5.74) is 0. The quantitative estimate of drug-likeness (QED) is 0.779. The van der Waals surface area contributed by atoms with Gasteiger partial charge in [-0.2, -0.15) is 0 Å². The van der Waals surface area contributed by atoms with Crippen LogP contribution in [0.15, 0.2) is 0 Å². The minimum absolute atomic E-state index is 0.0237. The molecule has 1 saturated carbocycles. The molecule has 0 heterocycles. The summed E-state index contributed by atoms with van der Waals surface area (Å²) in [6.07, 6.45) is 4.22. The topological polar surface area (TPSA) is 29.5 Å². The Balaban J connectivity index is 2.49.